The van der Waals surface area contributed by atoms with Crippen LogP contribution in [0.1, 0.15) is 25.3 Å². The van der Waals surface area contributed by atoms with Crippen LogP contribution in [0.2, 0.25) is 0 Å². The first-order valence-corrected chi connectivity index (χ1v) is 4.69. The molecule has 0 radical (unpaired) electrons. The summed E-state index contributed by atoms with van der Waals surface area (Å²) >= 11 is 0. The number of methoxy groups -OCH3 is 1. The van der Waals surface area contributed by atoms with Crippen molar-refractivity contribution in [2.45, 2.75) is 19.4 Å². The highest BCUT2D eigenvalue weighted by Gasteiger charge is 2.17. The Morgan fingerprint density at radius 3 is 2.64 bits per heavy atom. The van der Waals surface area contributed by atoms with Crippen molar-refractivity contribution >= 4 is 0 Å². The predicted molar refractivity (Wildman–Crippen MR) is 52.6 cm³/mol. The molecule has 0 bridgehead atoms. The molecule has 1 aromatic rings. The average molecular weight is 196 g/mol. The molecule has 2 atom stereocenters. The van der Waals surface area contributed by atoms with Crippen molar-refractivity contribution in [2.24, 2.45) is 5.92 Å². The van der Waals surface area contributed by atoms with Gasteiger partial charge in [0.1, 0.15) is 6.10 Å². The topological polar surface area (TPSA) is 55.2 Å². The van der Waals surface area contributed by atoms with Gasteiger partial charge in [0, 0.05) is 26.1 Å². The van der Waals surface area contributed by atoms with E-state index in [9.17, 15) is 5.11 Å². The molecule has 0 aliphatic carbocycles. The van der Waals surface area contributed by atoms with Crippen LogP contribution in [0.4, 0.5) is 0 Å². The summed E-state index contributed by atoms with van der Waals surface area (Å²) in [4.78, 5) is 8.01. The molecule has 2 unspecified atom stereocenters. The van der Waals surface area contributed by atoms with Gasteiger partial charge in [-0.3, -0.25) is 0 Å². The fourth-order valence-electron chi connectivity index (χ4n) is 1.18. The van der Waals surface area contributed by atoms with Crippen LogP contribution in [-0.2, 0) is 4.74 Å². The zero-order chi connectivity index (χ0) is 10.4. The minimum atomic E-state index is -0.605. The third-order valence-electron chi connectivity index (χ3n) is 2.17. The largest absolute Gasteiger partial charge is 0.385 e. The molecule has 1 heterocycles. The maximum absolute atomic E-state index is 9.84. The lowest BCUT2D eigenvalue weighted by atomic mass is 10.0. The molecule has 78 valence electrons. The van der Waals surface area contributed by atoms with Gasteiger partial charge in [-0.1, -0.05) is 6.92 Å². The number of aromatic nitrogens is 2. The van der Waals surface area contributed by atoms with Crippen LogP contribution < -0.4 is 0 Å². The van der Waals surface area contributed by atoms with Crippen LogP contribution in [0.25, 0.3) is 0 Å². The van der Waals surface area contributed by atoms with E-state index < -0.39 is 6.10 Å². The zero-order valence-electron chi connectivity index (χ0n) is 8.55. The first-order chi connectivity index (χ1) is 6.75. The third-order valence-corrected chi connectivity index (χ3v) is 2.17. The van der Waals surface area contributed by atoms with E-state index >= 15 is 0 Å². The van der Waals surface area contributed by atoms with Crippen molar-refractivity contribution in [3.05, 3.63) is 24.3 Å². The molecule has 0 aromatic carbocycles. The number of ether oxygens (including phenoxy) is 1. The average Bonchev–Trinajstić information content (AvgIpc) is 2.26. The minimum absolute atomic E-state index is 0.109. The summed E-state index contributed by atoms with van der Waals surface area (Å²) in [5, 5.41) is 9.84. The Labute approximate surface area is 84.0 Å². The van der Waals surface area contributed by atoms with Crippen molar-refractivity contribution in [2.75, 3.05) is 13.7 Å². The normalized spacial score (nSPS) is 15.1. The van der Waals surface area contributed by atoms with E-state index in [-0.39, 0.29) is 5.92 Å². The molecule has 1 N–H and O–H groups in total. The number of nitrogens with zero attached hydrogens (tertiary/aromatic N) is 2. The second-order valence-electron chi connectivity index (χ2n) is 3.31. The van der Waals surface area contributed by atoms with Crippen LogP contribution in [0.5, 0.6) is 0 Å². The van der Waals surface area contributed by atoms with Crippen LogP contribution in [0.15, 0.2) is 18.5 Å². The summed E-state index contributed by atoms with van der Waals surface area (Å²) in [5.74, 6) is 0.591. The van der Waals surface area contributed by atoms with E-state index in [0.717, 1.165) is 6.42 Å². The molecule has 4 nitrogen and oxygen atoms in total. The quantitative estimate of drug-likeness (QED) is 0.768. The van der Waals surface area contributed by atoms with Gasteiger partial charge in [0.25, 0.3) is 0 Å². The van der Waals surface area contributed by atoms with Crippen LogP contribution in [0.3, 0.4) is 0 Å². The molecule has 14 heavy (non-hydrogen) atoms. The van der Waals surface area contributed by atoms with Crippen molar-refractivity contribution in [1.82, 2.24) is 9.97 Å². The molecule has 0 aliphatic rings. The van der Waals surface area contributed by atoms with E-state index in [1.165, 1.54) is 0 Å². The molecule has 0 amide bonds. The number of hydrogen-bond donors (Lipinski definition) is 1. The van der Waals surface area contributed by atoms with Crippen molar-refractivity contribution in [1.29, 1.82) is 0 Å². The van der Waals surface area contributed by atoms with Gasteiger partial charge in [-0.05, 0) is 18.4 Å². The Kier molecular flexibility index (Phi) is 4.49. The van der Waals surface area contributed by atoms with Crippen LogP contribution in [-0.4, -0.2) is 28.8 Å². The molecule has 1 rings (SSSR count). The van der Waals surface area contributed by atoms with Gasteiger partial charge in [-0.2, -0.15) is 0 Å². The van der Waals surface area contributed by atoms with E-state index in [2.05, 4.69) is 9.97 Å². The lowest BCUT2D eigenvalue weighted by molar-refractivity contribution is 0.0820. The Balaban J connectivity index is 2.52. The van der Waals surface area contributed by atoms with E-state index in [0.29, 0.717) is 12.4 Å². The SMILES string of the molecule is COCCC(C)C(O)c1ncccn1. The number of aliphatic hydroxyl groups excluding tert-OH is 1. The maximum atomic E-state index is 9.84. The number of rotatable bonds is 5. The molecular formula is C10H16N2O2. The van der Waals surface area contributed by atoms with E-state index in [1.54, 1.807) is 25.6 Å². The number of aliphatic hydroxyl groups is 1. The van der Waals surface area contributed by atoms with Gasteiger partial charge in [0.2, 0.25) is 0 Å². The highest BCUT2D eigenvalue weighted by molar-refractivity contribution is 4.93. The summed E-state index contributed by atoms with van der Waals surface area (Å²) in [7, 11) is 1.65. The van der Waals surface area contributed by atoms with Gasteiger partial charge in [-0.25, -0.2) is 9.97 Å². The van der Waals surface area contributed by atoms with Crippen LogP contribution >= 0.6 is 0 Å². The lowest BCUT2D eigenvalue weighted by Crippen LogP contribution is -2.14. The first-order valence-electron chi connectivity index (χ1n) is 4.69. The second-order valence-corrected chi connectivity index (χ2v) is 3.31. The summed E-state index contributed by atoms with van der Waals surface area (Å²) in [6.07, 6.45) is 3.46. The smallest absolute Gasteiger partial charge is 0.157 e. The molecule has 0 spiro atoms. The fraction of sp³-hybridized carbons (Fsp3) is 0.600. The molecule has 0 fully saturated rings. The lowest BCUT2D eigenvalue weighted by Gasteiger charge is -2.16. The summed E-state index contributed by atoms with van der Waals surface area (Å²) in [6, 6.07) is 1.73. The van der Waals surface area contributed by atoms with Gasteiger partial charge >= 0.3 is 0 Å². The Morgan fingerprint density at radius 1 is 1.43 bits per heavy atom. The Morgan fingerprint density at radius 2 is 2.07 bits per heavy atom. The summed E-state index contributed by atoms with van der Waals surface area (Å²) < 4.78 is 4.95. The predicted octanol–water partition coefficient (Wildman–Crippen LogP) is 1.18. The molecule has 0 saturated heterocycles. The van der Waals surface area contributed by atoms with Gasteiger partial charge < -0.3 is 9.84 Å². The summed E-state index contributed by atoms with van der Waals surface area (Å²) in [5.41, 5.74) is 0. The van der Waals surface area contributed by atoms with Gasteiger partial charge in [0.05, 0.1) is 0 Å². The van der Waals surface area contributed by atoms with Gasteiger partial charge in [-0.15, -0.1) is 0 Å². The highest BCUT2D eigenvalue weighted by Crippen LogP contribution is 2.20. The molecule has 0 saturated carbocycles. The maximum Gasteiger partial charge on any atom is 0.157 e. The highest BCUT2D eigenvalue weighted by atomic mass is 16.5. The molecule has 4 heteroatoms. The van der Waals surface area contributed by atoms with Gasteiger partial charge in [0.15, 0.2) is 5.82 Å². The van der Waals surface area contributed by atoms with E-state index in [1.807, 2.05) is 6.92 Å². The standard InChI is InChI=1S/C10H16N2O2/c1-8(4-7-14-2)9(13)10-11-5-3-6-12-10/h3,5-6,8-9,13H,4,7H2,1-2H3. The second kappa shape index (κ2) is 5.67. The zero-order valence-corrected chi connectivity index (χ0v) is 8.55. The van der Waals surface area contributed by atoms with E-state index in [4.69, 9.17) is 4.74 Å². The first kappa shape index (κ1) is 11.1. The van der Waals surface area contributed by atoms with Crippen molar-refractivity contribution < 1.29 is 9.84 Å². The fourth-order valence-corrected chi connectivity index (χ4v) is 1.18. The number of hydrogen-bond acceptors (Lipinski definition) is 4. The third kappa shape index (κ3) is 3.05. The monoisotopic (exact) mass is 196 g/mol. The molecule has 0 aliphatic heterocycles. The Hall–Kier alpha value is -1.00. The van der Waals surface area contributed by atoms with Crippen molar-refractivity contribution in [3.63, 3.8) is 0 Å². The van der Waals surface area contributed by atoms with Crippen molar-refractivity contribution in [3.8, 4) is 0 Å². The Bertz CT molecular complexity index is 254. The van der Waals surface area contributed by atoms with Crippen LogP contribution in [0, 0.1) is 5.92 Å². The molecular weight excluding hydrogens is 180 g/mol. The molecule has 1 aromatic heterocycles. The minimum Gasteiger partial charge on any atom is -0.385 e. The summed E-state index contributed by atoms with van der Waals surface area (Å²) in [6.45, 7) is 2.60.